The Kier molecular flexibility index (Phi) is 5.94. The summed E-state index contributed by atoms with van der Waals surface area (Å²) in [6.45, 7) is 3.39. The van der Waals surface area contributed by atoms with Crippen molar-refractivity contribution >= 4 is 5.91 Å². The van der Waals surface area contributed by atoms with Crippen LogP contribution in [0.3, 0.4) is 0 Å². The van der Waals surface area contributed by atoms with Gasteiger partial charge >= 0.3 is 0 Å². The number of fused-ring (bicyclic) bond motifs is 1. The number of halogens is 1. The molecular weight excluding hydrogens is 371 g/mol. The number of carbonyl (C=O) groups is 1. The maximum atomic E-state index is 13.5. The highest BCUT2D eigenvalue weighted by Gasteiger charge is 2.39. The van der Waals surface area contributed by atoms with Crippen molar-refractivity contribution in [3.8, 4) is 0 Å². The molecule has 2 aromatic rings. The summed E-state index contributed by atoms with van der Waals surface area (Å²) < 4.78 is 25.0. The highest BCUT2D eigenvalue weighted by molar-refractivity contribution is 5.82. The Labute approximate surface area is 170 Å². The second-order valence-electron chi connectivity index (χ2n) is 7.65. The first-order valence-electron chi connectivity index (χ1n) is 10.2. The standard InChI is InChI=1S/C23H27FN2O3/c1-2-28-21-14-29-20(13-19(21)25)23(27)26-12-11-15-5-3-4-6-18(15)22(26)16-7-9-17(24)10-8-16/h3-10,19-22H,2,11-14,25H2,1H3/t19-,20-,21+,22+/m1/s1. The molecule has 0 radical (unpaired) electrons. The molecule has 0 aromatic heterocycles. The van der Waals surface area contributed by atoms with Crippen LogP contribution in [0, 0.1) is 5.82 Å². The zero-order chi connectivity index (χ0) is 20.4. The van der Waals surface area contributed by atoms with Gasteiger partial charge in [0.2, 0.25) is 0 Å². The van der Waals surface area contributed by atoms with E-state index in [2.05, 4.69) is 6.07 Å². The van der Waals surface area contributed by atoms with Crippen molar-refractivity contribution in [2.24, 2.45) is 5.73 Å². The van der Waals surface area contributed by atoms with E-state index in [4.69, 9.17) is 15.2 Å². The third-order valence-electron chi connectivity index (χ3n) is 5.83. The van der Waals surface area contributed by atoms with Crippen LogP contribution in [0.15, 0.2) is 48.5 Å². The van der Waals surface area contributed by atoms with Crippen molar-refractivity contribution in [1.29, 1.82) is 0 Å². The lowest BCUT2D eigenvalue weighted by molar-refractivity contribution is -0.157. The largest absolute Gasteiger partial charge is 0.374 e. The van der Waals surface area contributed by atoms with E-state index < -0.39 is 6.10 Å². The molecule has 29 heavy (non-hydrogen) atoms. The van der Waals surface area contributed by atoms with Crippen LogP contribution in [0.2, 0.25) is 0 Å². The van der Waals surface area contributed by atoms with E-state index in [9.17, 15) is 9.18 Å². The predicted octanol–water partition coefficient (Wildman–Crippen LogP) is 2.82. The molecule has 0 bridgehead atoms. The van der Waals surface area contributed by atoms with Gasteiger partial charge in [-0.15, -0.1) is 0 Å². The average molecular weight is 398 g/mol. The Hall–Kier alpha value is -2.28. The van der Waals surface area contributed by atoms with Crippen LogP contribution in [-0.2, 0) is 20.7 Å². The predicted molar refractivity (Wildman–Crippen MR) is 108 cm³/mol. The zero-order valence-corrected chi connectivity index (χ0v) is 16.6. The third kappa shape index (κ3) is 4.06. The fourth-order valence-corrected chi connectivity index (χ4v) is 4.35. The molecule has 2 aromatic carbocycles. The number of hydrogen-bond donors (Lipinski definition) is 1. The number of benzene rings is 2. The molecule has 0 spiro atoms. The van der Waals surface area contributed by atoms with Gasteiger partial charge in [-0.25, -0.2) is 4.39 Å². The van der Waals surface area contributed by atoms with E-state index in [1.165, 1.54) is 17.7 Å². The molecule has 1 fully saturated rings. The van der Waals surface area contributed by atoms with Crippen LogP contribution < -0.4 is 5.73 Å². The molecule has 4 rings (SSSR count). The van der Waals surface area contributed by atoms with Gasteiger partial charge in [-0.2, -0.15) is 0 Å². The Morgan fingerprint density at radius 3 is 2.72 bits per heavy atom. The fraction of sp³-hybridized carbons (Fsp3) is 0.435. The second-order valence-corrected chi connectivity index (χ2v) is 7.65. The normalized spacial score (nSPS) is 26.8. The van der Waals surface area contributed by atoms with E-state index in [0.29, 0.717) is 26.2 Å². The fourth-order valence-electron chi connectivity index (χ4n) is 4.35. The third-order valence-corrected chi connectivity index (χ3v) is 5.83. The van der Waals surface area contributed by atoms with Crippen molar-refractivity contribution in [2.45, 2.75) is 44.1 Å². The number of amides is 1. The Bertz CT molecular complexity index is 857. The lowest BCUT2D eigenvalue weighted by Crippen LogP contribution is -2.54. The van der Waals surface area contributed by atoms with Gasteiger partial charge in [0.25, 0.3) is 5.91 Å². The van der Waals surface area contributed by atoms with Crippen molar-refractivity contribution < 1.29 is 18.7 Å². The zero-order valence-electron chi connectivity index (χ0n) is 16.6. The van der Waals surface area contributed by atoms with Crippen LogP contribution in [-0.4, -0.2) is 48.8 Å². The number of rotatable bonds is 4. The first-order chi connectivity index (χ1) is 14.1. The summed E-state index contributed by atoms with van der Waals surface area (Å²) in [6.07, 6.45) is 0.437. The maximum absolute atomic E-state index is 13.5. The number of carbonyl (C=O) groups excluding carboxylic acids is 1. The van der Waals surface area contributed by atoms with Crippen molar-refractivity contribution in [3.63, 3.8) is 0 Å². The van der Waals surface area contributed by atoms with Crippen molar-refractivity contribution in [1.82, 2.24) is 4.90 Å². The first kappa shape index (κ1) is 20.0. The smallest absolute Gasteiger partial charge is 0.252 e. The minimum Gasteiger partial charge on any atom is -0.374 e. The monoisotopic (exact) mass is 398 g/mol. The first-order valence-corrected chi connectivity index (χ1v) is 10.2. The molecule has 154 valence electrons. The van der Waals surface area contributed by atoms with Gasteiger partial charge in [-0.05, 0) is 42.2 Å². The molecule has 2 aliphatic rings. The lowest BCUT2D eigenvalue weighted by atomic mass is 9.87. The summed E-state index contributed by atoms with van der Waals surface area (Å²) >= 11 is 0. The topological polar surface area (TPSA) is 64.8 Å². The molecule has 1 saturated heterocycles. The summed E-state index contributed by atoms with van der Waals surface area (Å²) in [6, 6.07) is 14.0. The molecule has 6 heteroatoms. The summed E-state index contributed by atoms with van der Waals surface area (Å²) in [5.41, 5.74) is 9.42. The van der Waals surface area contributed by atoms with Gasteiger partial charge in [0.05, 0.1) is 18.8 Å². The van der Waals surface area contributed by atoms with Crippen LogP contribution in [0.25, 0.3) is 0 Å². The highest BCUT2D eigenvalue weighted by Crippen LogP contribution is 2.36. The summed E-state index contributed by atoms with van der Waals surface area (Å²) in [5, 5.41) is 0. The van der Waals surface area contributed by atoms with E-state index in [-0.39, 0.29) is 29.9 Å². The maximum Gasteiger partial charge on any atom is 0.252 e. The molecule has 5 nitrogen and oxygen atoms in total. The SMILES string of the molecule is CCO[C@H]1CO[C@@H](C(=O)N2CCc3ccccc3[C@@H]2c2ccc(F)cc2)C[C@H]1N. The number of ether oxygens (including phenoxy) is 2. The Morgan fingerprint density at radius 1 is 1.24 bits per heavy atom. The molecule has 4 atom stereocenters. The van der Waals surface area contributed by atoms with Crippen LogP contribution in [0.4, 0.5) is 4.39 Å². The van der Waals surface area contributed by atoms with Crippen LogP contribution in [0.5, 0.6) is 0 Å². The van der Waals surface area contributed by atoms with E-state index in [1.807, 2.05) is 30.0 Å². The molecule has 0 unspecified atom stereocenters. The summed E-state index contributed by atoms with van der Waals surface area (Å²) in [7, 11) is 0. The number of hydrogen-bond acceptors (Lipinski definition) is 4. The van der Waals surface area contributed by atoms with Gasteiger partial charge in [0.1, 0.15) is 11.9 Å². The Balaban J connectivity index is 1.61. The van der Waals surface area contributed by atoms with Gasteiger partial charge < -0.3 is 20.1 Å². The molecule has 0 saturated carbocycles. The van der Waals surface area contributed by atoms with Gasteiger partial charge in [0, 0.05) is 25.6 Å². The van der Waals surface area contributed by atoms with Crippen molar-refractivity contribution in [3.05, 3.63) is 71.0 Å². The second kappa shape index (κ2) is 8.61. The summed E-state index contributed by atoms with van der Waals surface area (Å²) in [4.78, 5) is 15.3. The van der Waals surface area contributed by atoms with E-state index >= 15 is 0 Å². The summed E-state index contributed by atoms with van der Waals surface area (Å²) in [5.74, 6) is -0.362. The van der Waals surface area contributed by atoms with E-state index in [0.717, 1.165) is 17.5 Å². The van der Waals surface area contributed by atoms with E-state index in [1.54, 1.807) is 12.1 Å². The highest BCUT2D eigenvalue weighted by atomic mass is 19.1. The molecular formula is C23H27FN2O3. The number of nitrogens with two attached hydrogens (primary N) is 1. The van der Waals surface area contributed by atoms with Gasteiger partial charge in [0.15, 0.2) is 0 Å². The molecule has 0 aliphatic carbocycles. The molecule has 1 amide bonds. The minimum atomic E-state index is -0.588. The molecule has 2 aliphatic heterocycles. The van der Waals surface area contributed by atoms with Crippen LogP contribution in [0.1, 0.15) is 36.1 Å². The minimum absolute atomic E-state index is 0.0702. The molecule has 2 heterocycles. The lowest BCUT2D eigenvalue weighted by Gasteiger charge is -2.41. The molecule has 2 N–H and O–H groups in total. The van der Waals surface area contributed by atoms with Gasteiger partial charge in [-0.3, -0.25) is 4.79 Å². The van der Waals surface area contributed by atoms with Crippen molar-refractivity contribution in [2.75, 3.05) is 19.8 Å². The Morgan fingerprint density at radius 2 is 2.00 bits per heavy atom. The quantitative estimate of drug-likeness (QED) is 0.860. The number of nitrogens with zero attached hydrogens (tertiary/aromatic N) is 1. The van der Waals surface area contributed by atoms with Gasteiger partial charge in [-0.1, -0.05) is 36.4 Å². The average Bonchev–Trinajstić information content (AvgIpc) is 2.74. The van der Waals surface area contributed by atoms with Crippen LogP contribution >= 0.6 is 0 Å².